The van der Waals surface area contributed by atoms with E-state index in [2.05, 4.69) is 35.0 Å². The van der Waals surface area contributed by atoms with Crippen LogP contribution in [0.2, 0.25) is 0 Å². The summed E-state index contributed by atoms with van der Waals surface area (Å²) < 4.78 is 7.72. The van der Waals surface area contributed by atoms with E-state index in [0.29, 0.717) is 0 Å². The van der Waals surface area contributed by atoms with Crippen LogP contribution in [0, 0.1) is 0 Å². The summed E-state index contributed by atoms with van der Waals surface area (Å²) in [6.07, 6.45) is 1.06. The quantitative estimate of drug-likeness (QED) is 0.794. The van der Waals surface area contributed by atoms with Crippen LogP contribution in [0.25, 0.3) is 10.1 Å². The molecule has 0 radical (unpaired) electrons. The van der Waals surface area contributed by atoms with E-state index < -0.39 is 0 Å². The van der Waals surface area contributed by atoms with Crippen molar-refractivity contribution in [2.45, 2.75) is 13.3 Å². The molecular formula is C11H11BrOS. The molecule has 1 aromatic carbocycles. The maximum absolute atomic E-state index is 5.20. The topological polar surface area (TPSA) is 9.23 Å². The highest BCUT2D eigenvalue weighted by Crippen LogP contribution is 2.37. The summed E-state index contributed by atoms with van der Waals surface area (Å²) in [6.45, 7) is 2.18. The standard InChI is InChI=1S/C11H11BrOS/c1-3-8-9-5-4-7(13-2)6-10(9)14-11(8)12/h4-6H,3H2,1-2H3. The van der Waals surface area contributed by atoms with Gasteiger partial charge in [0.05, 0.1) is 10.9 Å². The fourth-order valence-corrected chi connectivity index (χ4v) is 3.62. The van der Waals surface area contributed by atoms with Crippen molar-refractivity contribution < 1.29 is 4.74 Å². The molecule has 0 N–H and O–H groups in total. The van der Waals surface area contributed by atoms with E-state index in [1.165, 1.54) is 19.4 Å². The second kappa shape index (κ2) is 3.91. The van der Waals surface area contributed by atoms with E-state index in [4.69, 9.17) is 4.74 Å². The molecule has 1 heterocycles. The largest absolute Gasteiger partial charge is 0.497 e. The summed E-state index contributed by atoms with van der Waals surface area (Å²) >= 11 is 5.36. The van der Waals surface area contributed by atoms with Crippen molar-refractivity contribution in [3.05, 3.63) is 27.5 Å². The number of thiophene rings is 1. The SMILES string of the molecule is CCc1c(Br)sc2cc(OC)ccc12. The van der Waals surface area contributed by atoms with Crippen LogP contribution in [-0.2, 0) is 6.42 Å². The fraction of sp³-hybridized carbons (Fsp3) is 0.273. The third-order valence-electron chi connectivity index (χ3n) is 2.30. The van der Waals surface area contributed by atoms with Gasteiger partial charge in [0, 0.05) is 4.70 Å². The van der Waals surface area contributed by atoms with Gasteiger partial charge in [0.1, 0.15) is 5.75 Å². The van der Waals surface area contributed by atoms with Crippen LogP contribution in [0.3, 0.4) is 0 Å². The van der Waals surface area contributed by atoms with Gasteiger partial charge in [0.25, 0.3) is 0 Å². The molecule has 0 bridgehead atoms. The third-order valence-corrected chi connectivity index (χ3v) is 4.25. The van der Waals surface area contributed by atoms with Gasteiger partial charge in [-0.25, -0.2) is 0 Å². The number of hydrogen-bond donors (Lipinski definition) is 0. The highest BCUT2D eigenvalue weighted by atomic mass is 79.9. The summed E-state index contributed by atoms with van der Waals surface area (Å²) in [5.41, 5.74) is 1.40. The minimum atomic E-state index is 0.925. The van der Waals surface area contributed by atoms with Gasteiger partial charge >= 0.3 is 0 Å². The molecule has 0 amide bonds. The molecule has 0 saturated carbocycles. The van der Waals surface area contributed by atoms with Gasteiger partial charge in [-0.15, -0.1) is 11.3 Å². The first-order chi connectivity index (χ1) is 6.76. The molecule has 14 heavy (non-hydrogen) atoms. The van der Waals surface area contributed by atoms with E-state index >= 15 is 0 Å². The van der Waals surface area contributed by atoms with Gasteiger partial charge in [-0.05, 0) is 51.5 Å². The van der Waals surface area contributed by atoms with Crippen molar-refractivity contribution in [1.82, 2.24) is 0 Å². The molecule has 0 unspecified atom stereocenters. The van der Waals surface area contributed by atoms with Gasteiger partial charge in [-0.2, -0.15) is 0 Å². The summed E-state index contributed by atoms with van der Waals surface area (Å²) in [5, 5.41) is 1.34. The number of benzene rings is 1. The lowest BCUT2D eigenvalue weighted by Crippen LogP contribution is -1.81. The molecule has 0 spiro atoms. The molecule has 1 nitrogen and oxygen atoms in total. The number of hydrogen-bond acceptors (Lipinski definition) is 2. The summed E-state index contributed by atoms with van der Waals surface area (Å²) in [5.74, 6) is 0.925. The van der Waals surface area contributed by atoms with Crippen molar-refractivity contribution in [1.29, 1.82) is 0 Å². The molecule has 0 saturated heterocycles. The minimum Gasteiger partial charge on any atom is -0.497 e. The van der Waals surface area contributed by atoms with E-state index in [-0.39, 0.29) is 0 Å². The van der Waals surface area contributed by atoms with Crippen molar-refractivity contribution in [3.8, 4) is 5.75 Å². The smallest absolute Gasteiger partial charge is 0.120 e. The Bertz CT molecular complexity index is 462. The molecule has 3 heteroatoms. The second-order valence-electron chi connectivity index (χ2n) is 3.07. The molecule has 74 valence electrons. The van der Waals surface area contributed by atoms with Crippen molar-refractivity contribution in [3.63, 3.8) is 0 Å². The van der Waals surface area contributed by atoms with Crippen LogP contribution in [0.5, 0.6) is 5.75 Å². The molecule has 2 rings (SSSR count). The number of aryl methyl sites for hydroxylation is 1. The average molecular weight is 271 g/mol. The molecule has 2 aromatic rings. The zero-order chi connectivity index (χ0) is 10.1. The maximum atomic E-state index is 5.20. The van der Waals surface area contributed by atoms with Gasteiger partial charge in [0.15, 0.2) is 0 Å². The van der Waals surface area contributed by atoms with Gasteiger partial charge in [-0.3, -0.25) is 0 Å². The van der Waals surface area contributed by atoms with E-state index in [0.717, 1.165) is 12.2 Å². The number of halogens is 1. The number of ether oxygens (including phenoxy) is 1. The summed E-state index contributed by atoms with van der Waals surface area (Å²) in [6, 6.07) is 6.23. The Labute approximate surface area is 95.8 Å². The zero-order valence-electron chi connectivity index (χ0n) is 8.13. The summed E-state index contributed by atoms with van der Waals surface area (Å²) in [7, 11) is 1.70. The second-order valence-corrected chi connectivity index (χ2v) is 5.44. The van der Waals surface area contributed by atoms with E-state index in [1.807, 2.05) is 6.07 Å². The highest BCUT2D eigenvalue weighted by molar-refractivity contribution is 9.11. The molecule has 1 aromatic heterocycles. The molecule has 0 aliphatic rings. The van der Waals surface area contributed by atoms with Crippen LogP contribution >= 0.6 is 27.3 Å². The highest BCUT2D eigenvalue weighted by Gasteiger charge is 2.08. The van der Waals surface area contributed by atoms with Crippen LogP contribution in [0.1, 0.15) is 12.5 Å². The Hall–Kier alpha value is -0.540. The van der Waals surface area contributed by atoms with Crippen LogP contribution in [0.4, 0.5) is 0 Å². The van der Waals surface area contributed by atoms with Gasteiger partial charge < -0.3 is 4.74 Å². The molecule has 0 aliphatic heterocycles. The Morgan fingerprint density at radius 3 is 2.86 bits per heavy atom. The Morgan fingerprint density at radius 2 is 2.21 bits per heavy atom. The minimum absolute atomic E-state index is 0.925. The lowest BCUT2D eigenvalue weighted by atomic mass is 10.1. The summed E-state index contributed by atoms with van der Waals surface area (Å²) in [4.78, 5) is 0. The lowest BCUT2D eigenvalue weighted by molar-refractivity contribution is 0.415. The van der Waals surface area contributed by atoms with Crippen molar-refractivity contribution in [2.24, 2.45) is 0 Å². The first kappa shape index (κ1) is 9.99. The number of methoxy groups -OCH3 is 1. The molecule has 0 fully saturated rings. The van der Waals surface area contributed by atoms with Gasteiger partial charge in [-0.1, -0.05) is 6.92 Å². The normalized spacial score (nSPS) is 10.8. The average Bonchev–Trinajstić information content (AvgIpc) is 2.51. The molecule has 0 atom stereocenters. The Morgan fingerprint density at radius 1 is 1.43 bits per heavy atom. The third kappa shape index (κ3) is 1.55. The molecule has 0 aliphatic carbocycles. The number of fused-ring (bicyclic) bond motifs is 1. The maximum Gasteiger partial charge on any atom is 0.120 e. The predicted molar refractivity (Wildman–Crippen MR) is 65.5 cm³/mol. The molecular weight excluding hydrogens is 260 g/mol. The first-order valence-corrected chi connectivity index (χ1v) is 6.12. The Kier molecular flexibility index (Phi) is 2.79. The van der Waals surface area contributed by atoms with Crippen molar-refractivity contribution in [2.75, 3.05) is 7.11 Å². The Balaban J connectivity index is 2.68. The van der Waals surface area contributed by atoms with Crippen molar-refractivity contribution >= 4 is 37.4 Å². The zero-order valence-corrected chi connectivity index (χ0v) is 10.5. The monoisotopic (exact) mass is 270 g/mol. The lowest BCUT2D eigenvalue weighted by Gasteiger charge is -1.99. The fourth-order valence-electron chi connectivity index (χ4n) is 1.56. The van der Waals surface area contributed by atoms with Crippen LogP contribution in [0.15, 0.2) is 22.0 Å². The predicted octanol–water partition coefficient (Wildman–Crippen LogP) is 4.23. The van der Waals surface area contributed by atoms with Gasteiger partial charge in [0.2, 0.25) is 0 Å². The first-order valence-electron chi connectivity index (χ1n) is 4.51. The van der Waals surface area contributed by atoms with Crippen LogP contribution in [-0.4, -0.2) is 7.11 Å². The van der Waals surface area contributed by atoms with Crippen LogP contribution < -0.4 is 4.74 Å². The van der Waals surface area contributed by atoms with E-state index in [9.17, 15) is 0 Å². The van der Waals surface area contributed by atoms with E-state index in [1.54, 1.807) is 18.4 Å². The number of rotatable bonds is 2.